The van der Waals surface area contributed by atoms with Crippen LogP contribution in [0.5, 0.6) is 0 Å². The number of amides is 1. The fourth-order valence-corrected chi connectivity index (χ4v) is 5.92. The third-order valence-electron chi connectivity index (χ3n) is 5.27. The molecule has 1 aliphatic rings. The molecule has 1 fully saturated rings. The molecule has 3 rings (SSSR count). The number of hydrogen-bond donors (Lipinski definition) is 0. The van der Waals surface area contributed by atoms with E-state index in [4.69, 9.17) is 5.26 Å². The largest absolute Gasteiger partial charge is 0.311 e. The highest BCUT2D eigenvalue weighted by Crippen LogP contribution is 2.24. The molecule has 0 saturated carbocycles. The number of pyridine rings is 1. The SMILES string of the molecule is Cc1cc(C)cc(N(CCC#N)C(=O)CSc2ccc(S(=O)(=O)N3CCCCC3)cn2)c1. The molecule has 1 aliphatic heterocycles. The first kappa shape index (κ1) is 24.2. The summed E-state index contributed by atoms with van der Waals surface area (Å²) in [4.78, 5) is 19.0. The Morgan fingerprint density at radius 3 is 2.44 bits per heavy atom. The monoisotopic (exact) mass is 472 g/mol. The molecule has 1 saturated heterocycles. The molecule has 0 atom stereocenters. The molecule has 0 N–H and O–H groups in total. The van der Waals surface area contributed by atoms with Gasteiger partial charge < -0.3 is 4.90 Å². The number of sulfonamides is 1. The molecule has 9 heteroatoms. The zero-order valence-electron chi connectivity index (χ0n) is 18.5. The van der Waals surface area contributed by atoms with E-state index in [1.807, 2.05) is 32.0 Å². The van der Waals surface area contributed by atoms with Crippen molar-refractivity contribution in [2.24, 2.45) is 0 Å². The van der Waals surface area contributed by atoms with Crippen LogP contribution in [-0.4, -0.2) is 49.0 Å². The van der Waals surface area contributed by atoms with E-state index >= 15 is 0 Å². The Balaban J connectivity index is 1.67. The minimum Gasteiger partial charge on any atom is -0.311 e. The Hall–Kier alpha value is -2.41. The van der Waals surface area contributed by atoms with Crippen LogP contribution in [0.25, 0.3) is 0 Å². The molecule has 2 heterocycles. The lowest BCUT2D eigenvalue weighted by molar-refractivity contribution is -0.116. The van der Waals surface area contributed by atoms with Crippen molar-refractivity contribution in [3.63, 3.8) is 0 Å². The third-order valence-corrected chi connectivity index (χ3v) is 8.08. The number of aryl methyl sites for hydroxylation is 2. The van der Waals surface area contributed by atoms with E-state index in [0.717, 1.165) is 36.1 Å². The van der Waals surface area contributed by atoms with Crippen LogP contribution in [0.2, 0.25) is 0 Å². The number of benzene rings is 1. The van der Waals surface area contributed by atoms with Crippen molar-refractivity contribution >= 4 is 33.4 Å². The average Bonchev–Trinajstić information content (AvgIpc) is 2.78. The van der Waals surface area contributed by atoms with Crippen molar-refractivity contribution in [3.05, 3.63) is 47.7 Å². The van der Waals surface area contributed by atoms with Gasteiger partial charge in [-0.1, -0.05) is 24.2 Å². The molecular weight excluding hydrogens is 444 g/mol. The van der Waals surface area contributed by atoms with Crippen molar-refractivity contribution in [1.29, 1.82) is 5.26 Å². The van der Waals surface area contributed by atoms with E-state index in [2.05, 4.69) is 11.1 Å². The number of hydrogen-bond acceptors (Lipinski definition) is 6. The van der Waals surface area contributed by atoms with Crippen LogP contribution < -0.4 is 4.90 Å². The number of carbonyl (C=O) groups is 1. The molecule has 1 amide bonds. The number of carbonyl (C=O) groups excluding carboxylic acids is 1. The molecule has 0 spiro atoms. The standard InChI is InChI=1S/C23H28N4O3S2/c1-18-13-19(2)15-20(14-18)27(12-6-9-24)23(28)17-31-22-8-7-21(16-25-22)32(29,30)26-10-4-3-5-11-26/h7-8,13-16H,3-6,10-12,17H2,1-2H3. The van der Waals surface area contributed by atoms with E-state index in [0.29, 0.717) is 24.7 Å². The van der Waals surface area contributed by atoms with Crippen molar-refractivity contribution in [2.75, 3.05) is 30.3 Å². The topological polar surface area (TPSA) is 94.4 Å². The van der Waals surface area contributed by atoms with Crippen LogP contribution >= 0.6 is 11.8 Å². The van der Waals surface area contributed by atoms with Gasteiger partial charge in [0.25, 0.3) is 0 Å². The predicted octanol–water partition coefficient (Wildman–Crippen LogP) is 3.91. The lowest BCUT2D eigenvalue weighted by Gasteiger charge is -2.25. The quantitative estimate of drug-likeness (QED) is 0.541. The Bertz CT molecular complexity index is 1070. The molecule has 2 aromatic rings. The summed E-state index contributed by atoms with van der Waals surface area (Å²) in [7, 11) is -3.52. The Kier molecular flexibility index (Phi) is 8.29. The van der Waals surface area contributed by atoms with Gasteiger partial charge in [-0.3, -0.25) is 4.79 Å². The molecule has 0 aliphatic carbocycles. The lowest BCUT2D eigenvalue weighted by Crippen LogP contribution is -2.35. The summed E-state index contributed by atoms with van der Waals surface area (Å²) in [6, 6.07) is 11.2. The number of nitrogens with zero attached hydrogens (tertiary/aromatic N) is 4. The number of thioether (sulfide) groups is 1. The maximum Gasteiger partial charge on any atom is 0.244 e. The minimum atomic E-state index is -3.52. The fourth-order valence-electron chi connectivity index (χ4n) is 3.74. The first-order chi connectivity index (χ1) is 15.3. The smallest absolute Gasteiger partial charge is 0.244 e. The van der Waals surface area contributed by atoms with Crippen LogP contribution in [0, 0.1) is 25.2 Å². The second kappa shape index (κ2) is 10.9. The van der Waals surface area contributed by atoms with Crippen molar-refractivity contribution in [2.45, 2.75) is 49.5 Å². The van der Waals surface area contributed by atoms with Gasteiger partial charge in [-0.05, 0) is 62.1 Å². The average molecular weight is 473 g/mol. The van der Waals surface area contributed by atoms with Crippen LogP contribution in [-0.2, 0) is 14.8 Å². The van der Waals surface area contributed by atoms with Gasteiger partial charge in [-0.15, -0.1) is 0 Å². The van der Waals surface area contributed by atoms with E-state index < -0.39 is 10.0 Å². The van der Waals surface area contributed by atoms with E-state index in [-0.39, 0.29) is 23.0 Å². The number of rotatable bonds is 8. The number of anilines is 1. The van der Waals surface area contributed by atoms with E-state index in [1.165, 1.54) is 22.3 Å². The zero-order valence-corrected chi connectivity index (χ0v) is 20.1. The van der Waals surface area contributed by atoms with Gasteiger partial charge in [-0.25, -0.2) is 13.4 Å². The van der Waals surface area contributed by atoms with Gasteiger partial charge in [0.05, 0.1) is 23.3 Å². The summed E-state index contributed by atoms with van der Waals surface area (Å²) in [6.45, 7) is 5.36. The maximum absolute atomic E-state index is 12.9. The summed E-state index contributed by atoms with van der Waals surface area (Å²) >= 11 is 1.25. The Morgan fingerprint density at radius 2 is 1.84 bits per heavy atom. The van der Waals surface area contributed by atoms with Gasteiger partial charge in [-0.2, -0.15) is 9.57 Å². The predicted molar refractivity (Wildman–Crippen MR) is 126 cm³/mol. The molecule has 1 aromatic heterocycles. The second-order valence-electron chi connectivity index (χ2n) is 7.88. The van der Waals surface area contributed by atoms with Gasteiger partial charge in [0.15, 0.2) is 0 Å². The Labute approximate surface area is 194 Å². The summed E-state index contributed by atoms with van der Waals surface area (Å²) in [6.07, 6.45) is 4.43. The molecule has 32 heavy (non-hydrogen) atoms. The molecular formula is C23H28N4O3S2. The summed E-state index contributed by atoms with van der Waals surface area (Å²) in [5, 5.41) is 9.57. The van der Waals surface area contributed by atoms with Crippen LogP contribution in [0.4, 0.5) is 5.69 Å². The van der Waals surface area contributed by atoms with Crippen LogP contribution in [0.1, 0.15) is 36.8 Å². The normalized spacial score (nSPS) is 14.7. The van der Waals surface area contributed by atoms with E-state index in [1.54, 1.807) is 17.0 Å². The minimum absolute atomic E-state index is 0.123. The fraction of sp³-hybridized carbons (Fsp3) is 0.435. The van der Waals surface area contributed by atoms with Gasteiger partial charge in [0, 0.05) is 31.5 Å². The van der Waals surface area contributed by atoms with Gasteiger partial charge in [0.1, 0.15) is 4.90 Å². The first-order valence-corrected chi connectivity index (χ1v) is 13.1. The van der Waals surface area contributed by atoms with Crippen molar-refractivity contribution in [3.8, 4) is 6.07 Å². The highest BCUT2D eigenvalue weighted by molar-refractivity contribution is 7.99. The maximum atomic E-state index is 12.9. The summed E-state index contributed by atoms with van der Waals surface area (Å²) in [5.41, 5.74) is 2.88. The highest BCUT2D eigenvalue weighted by Gasteiger charge is 2.26. The van der Waals surface area contributed by atoms with Gasteiger partial charge >= 0.3 is 0 Å². The summed E-state index contributed by atoms with van der Waals surface area (Å²) in [5.74, 6) is 0.0194. The second-order valence-corrected chi connectivity index (χ2v) is 10.8. The zero-order chi connectivity index (χ0) is 23.1. The molecule has 0 bridgehead atoms. The van der Waals surface area contributed by atoms with Gasteiger partial charge in [0.2, 0.25) is 15.9 Å². The highest BCUT2D eigenvalue weighted by atomic mass is 32.2. The molecule has 0 unspecified atom stereocenters. The van der Waals surface area contributed by atoms with Crippen molar-refractivity contribution in [1.82, 2.24) is 9.29 Å². The molecule has 7 nitrogen and oxygen atoms in total. The molecule has 170 valence electrons. The number of nitriles is 1. The first-order valence-electron chi connectivity index (χ1n) is 10.7. The lowest BCUT2D eigenvalue weighted by atomic mass is 10.1. The molecule has 1 aromatic carbocycles. The van der Waals surface area contributed by atoms with E-state index in [9.17, 15) is 13.2 Å². The molecule has 0 radical (unpaired) electrons. The number of aromatic nitrogens is 1. The van der Waals surface area contributed by atoms with Crippen molar-refractivity contribution < 1.29 is 13.2 Å². The summed E-state index contributed by atoms with van der Waals surface area (Å²) < 4.78 is 27.0. The van der Waals surface area contributed by atoms with Crippen LogP contribution in [0.15, 0.2) is 46.5 Å². The third kappa shape index (κ3) is 6.09. The Morgan fingerprint density at radius 1 is 1.16 bits per heavy atom. The number of piperidine rings is 1. The van der Waals surface area contributed by atoms with Crippen LogP contribution in [0.3, 0.4) is 0 Å².